The molecular weight excluding hydrogens is 375 g/mol. The van der Waals surface area contributed by atoms with Gasteiger partial charge in [0, 0.05) is 37.9 Å². The average Bonchev–Trinajstić information content (AvgIpc) is 2.69. The van der Waals surface area contributed by atoms with E-state index in [1.807, 2.05) is 0 Å². The van der Waals surface area contributed by atoms with E-state index in [0.717, 1.165) is 6.41 Å². The number of rotatable bonds is 6. The maximum Gasteiger partial charge on any atom is 0.242 e. The van der Waals surface area contributed by atoms with Crippen LogP contribution in [0.4, 0.5) is 21.7 Å². The molecule has 8 nitrogen and oxygen atoms in total. The number of piperazine rings is 1. The molecule has 10 heteroatoms. The summed E-state index contributed by atoms with van der Waals surface area (Å²) < 4.78 is 13.2. The molecule has 0 spiro atoms. The Hall–Kier alpha value is -2.94. The highest BCUT2D eigenvalue weighted by molar-refractivity contribution is 6.31. The molecule has 1 saturated heterocycles. The van der Waals surface area contributed by atoms with Crippen molar-refractivity contribution < 1.29 is 14.0 Å². The summed E-state index contributed by atoms with van der Waals surface area (Å²) in [5.74, 6) is 0.376. The van der Waals surface area contributed by atoms with Crippen LogP contribution in [-0.4, -0.2) is 64.8 Å². The van der Waals surface area contributed by atoms with Crippen molar-refractivity contribution in [2.24, 2.45) is 0 Å². The molecule has 0 unspecified atom stereocenters. The summed E-state index contributed by atoms with van der Waals surface area (Å²) in [5, 5.41) is 5.97. The summed E-state index contributed by atoms with van der Waals surface area (Å²) in [6, 6.07) is 5.89. The number of benzene rings is 1. The zero-order valence-electron chi connectivity index (χ0n) is 14.4. The quantitative estimate of drug-likeness (QED) is 0.727. The lowest BCUT2D eigenvalue weighted by atomic mass is 10.3. The lowest BCUT2D eigenvalue weighted by Gasteiger charge is -2.32. The smallest absolute Gasteiger partial charge is 0.242 e. The van der Waals surface area contributed by atoms with Crippen LogP contribution in [0.3, 0.4) is 0 Å². The predicted molar refractivity (Wildman–Crippen MR) is 99.4 cm³/mol. The minimum Gasteiger partial charge on any atom is -0.361 e. The molecule has 27 heavy (non-hydrogen) atoms. The first-order valence-corrected chi connectivity index (χ1v) is 8.68. The number of nitrogens with one attached hydrogen (secondary N) is 2. The van der Waals surface area contributed by atoms with Crippen molar-refractivity contribution in [1.29, 1.82) is 0 Å². The molecule has 2 heterocycles. The summed E-state index contributed by atoms with van der Waals surface area (Å²) in [6.07, 6.45) is 2.15. The van der Waals surface area contributed by atoms with Gasteiger partial charge in [0.05, 0.1) is 11.6 Å². The van der Waals surface area contributed by atoms with Crippen LogP contribution in [0.15, 0.2) is 30.6 Å². The van der Waals surface area contributed by atoms with Crippen LogP contribution in [0.5, 0.6) is 0 Å². The molecule has 1 aliphatic heterocycles. The first kappa shape index (κ1) is 18.8. The van der Waals surface area contributed by atoms with Gasteiger partial charge < -0.3 is 20.4 Å². The number of aromatic nitrogens is 2. The first-order valence-electron chi connectivity index (χ1n) is 8.30. The monoisotopic (exact) mass is 392 g/mol. The molecule has 142 valence electrons. The van der Waals surface area contributed by atoms with Crippen molar-refractivity contribution >= 4 is 41.2 Å². The van der Waals surface area contributed by atoms with E-state index in [4.69, 9.17) is 11.6 Å². The molecule has 0 atom stereocenters. The minimum atomic E-state index is -0.500. The Bertz CT molecular complexity index is 829. The second kappa shape index (κ2) is 8.63. The van der Waals surface area contributed by atoms with E-state index >= 15 is 0 Å². The van der Waals surface area contributed by atoms with Gasteiger partial charge in [-0.25, -0.2) is 14.4 Å². The van der Waals surface area contributed by atoms with Gasteiger partial charge in [0.1, 0.15) is 23.8 Å². The van der Waals surface area contributed by atoms with Gasteiger partial charge in [-0.15, -0.1) is 0 Å². The van der Waals surface area contributed by atoms with E-state index in [2.05, 4.69) is 20.6 Å². The van der Waals surface area contributed by atoms with Gasteiger partial charge in [0.15, 0.2) is 0 Å². The van der Waals surface area contributed by atoms with Gasteiger partial charge in [-0.05, 0) is 18.2 Å². The third-order valence-electron chi connectivity index (χ3n) is 4.10. The summed E-state index contributed by atoms with van der Waals surface area (Å²) in [4.78, 5) is 34.5. The van der Waals surface area contributed by atoms with Gasteiger partial charge in [0.25, 0.3) is 0 Å². The summed E-state index contributed by atoms with van der Waals surface area (Å²) in [6.45, 7) is 2.19. The van der Waals surface area contributed by atoms with Gasteiger partial charge in [-0.3, -0.25) is 9.59 Å². The Morgan fingerprint density at radius 1 is 1.19 bits per heavy atom. The highest BCUT2D eigenvalue weighted by Gasteiger charge is 2.19. The van der Waals surface area contributed by atoms with Crippen LogP contribution >= 0.6 is 11.6 Å². The van der Waals surface area contributed by atoms with E-state index in [0.29, 0.717) is 43.5 Å². The molecule has 3 rings (SSSR count). The van der Waals surface area contributed by atoms with Crippen LogP contribution in [-0.2, 0) is 9.59 Å². The molecular formula is C17H18ClFN6O2. The normalized spacial score (nSPS) is 14.0. The second-order valence-corrected chi connectivity index (χ2v) is 6.33. The highest BCUT2D eigenvalue weighted by atomic mass is 35.5. The first-order chi connectivity index (χ1) is 13.0. The van der Waals surface area contributed by atoms with Crippen molar-refractivity contribution in [2.45, 2.75) is 0 Å². The number of nitrogens with zero attached hydrogens (tertiary/aromatic N) is 4. The number of amides is 2. The third-order valence-corrected chi connectivity index (χ3v) is 4.39. The molecule has 1 fully saturated rings. The zero-order chi connectivity index (χ0) is 19.2. The van der Waals surface area contributed by atoms with Crippen LogP contribution in [0.1, 0.15) is 0 Å². The number of hydrogen-bond acceptors (Lipinski definition) is 6. The summed E-state index contributed by atoms with van der Waals surface area (Å²) >= 11 is 5.76. The topological polar surface area (TPSA) is 90.5 Å². The molecule has 0 saturated carbocycles. The number of anilines is 3. The van der Waals surface area contributed by atoms with Crippen LogP contribution < -0.4 is 10.6 Å². The Morgan fingerprint density at radius 3 is 2.63 bits per heavy atom. The van der Waals surface area contributed by atoms with Gasteiger partial charge >= 0.3 is 0 Å². The molecule has 2 N–H and O–H groups in total. The number of carbonyl (C=O) groups excluding carboxylic acids is 2. The molecule has 2 amide bonds. The van der Waals surface area contributed by atoms with Gasteiger partial charge in [-0.2, -0.15) is 0 Å². The predicted octanol–water partition coefficient (Wildman–Crippen LogP) is 1.73. The Labute approximate surface area is 160 Å². The van der Waals surface area contributed by atoms with E-state index in [9.17, 15) is 14.0 Å². The lowest BCUT2D eigenvalue weighted by molar-refractivity contribution is -0.133. The highest BCUT2D eigenvalue weighted by Crippen LogP contribution is 2.22. The summed E-state index contributed by atoms with van der Waals surface area (Å²) in [7, 11) is 0. The van der Waals surface area contributed by atoms with E-state index in [-0.39, 0.29) is 17.5 Å². The molecule has 0 aliphatic carbocycles. The average molecular weight is 393 g/mol. The largest absolute Gasteiger partial charge is 0.361 e. The minimum absolute atomic E-state index is 0.00711. The van der Waals surface area contributed by atoms with E-state index in [1.54, 1.807) is 21.9 Å². The fourth-order valence-electron chi connectivity index (χ4n) is 2.60. The number of hydrogen-bond donors (Lipinski definition) is 2. The van der Waals surface area contributed by atoms with Crippen molar-refractivity contribution in [2.75, 3.05) is 43.4 Å². The second-order valence-electron chi connectivity index (χ2n) is 5.92. The molecule has 0 radical (unpaired) electrons. The van der Waals surface area contributed by atoms with Crippen LogP contribution in [0.25, 0.3) is 0 Å². The molecule has 1 aromatic heterocycles. The van der Waals surface area contributed by atoms with E-state index in [1.165, 1.54) is 18.5 Å². The molecule has 1 aliphatic rings. The van der Waals surface area contributed by atoms with Crippen LogP contribution in [0.2, 0.25) is 5.02 Å². The standard InChI is InChI=1S/C17H18ClFN6O2/c18-13-7-12(1-2-14(13)19)23-16-8-15(21-10-22-16)20-9-17(27)25-5-3-24(11-26)4-6-25/h1-2,7-8,10-11H,3-6,9H2,(H2,20,21,22,23). The Balaban J connectivity index is 1.55. The van der Waals surface area contributed by atoms with Crippen LogP contribution in [0, 0.1) is 5.82 Å². The zero-order valence-corrected chi connectivity index (χ0v) is 15.1. The maximum absolute atomic E-state index is 13.2. The van der Waals surface area contributed by atoms with Crippen molar-refractivity contribution in [3.8, 4) is 0 Å². The maximum atomic E-state index is 13.2. The Kier molecular flexibility index (Phi) is 6.02. The SMILES string of the molecule is O=CN1CCN(C(=O)CNc2cc(Nc3ccc(F)c(Cl)c3)ncn2)CC1. The summed E-state index contributed by atoms with van der Waals surface area (Å²) in [5.41, 5.74) is 0.579. The lowest BCUT2D eigenvalue weighted by Crippen LogP contribution is -2.49. The number of carbonyl (C=O) groups is 2. The van der Waals surface area contributed by atoms with Crippen molar-refractivity contribution in [3.05, 3.63) is 41.4 Å². The third kappa shape index (κ3) is 5.04. The van der Waals surface area contributed by atoms with Crippen molar-refractivity contribution in [3.63, 3.8) is 0 Å². The molecule has 2 aromatic rings. The fraction of sp³-hybridized carbons (Fsp3) is 0.294. The molecule has 1 aromatic carbocycles. The van der Waals surface area contributed by atoms with Crippen molar-refractivity contribution in [1.82, 2.24) is 19.8 Å². The Morgan fingerprint density at radius 2 is 1.93 bits per heavy atom. The number of halogens is 2. The van der Waals surface area contributed by atoms with Gasteiger partial charge in [-0.1, -0.05) is 11.6 Å². The van der Waals surface area contributed by atoms with E-state index < -0.39 is 5.82 Å². The fourth-order valence-corrected chi connectivity index (χ4v) is 2.78. The molecule has 0 bridgehead atoms. The van der Waals surface area contributed by atoms with Gasteiger partial charge in [0.2, 0.25) is 12.3 Å².